The van der Waals surface area contributed by atoms with Gasteiger partial charge >= 0.3 is 0 Å². The first kappa shape index (κ1) is 15.3. The van der Waals surface area contributed by atoms with Crippen LogP contribution in [-0.4, -0.2) is 74.1 Å². The van der Waals surface area contributed by atoms with E-state index in [0.29, 0.717) is 19.6 Å². The van der Waals surface area contributed by atoms with Crippen molar-refractivity contribution in [1.82, 2.24) is 15.1 Å². The van der Waals surface area contributed by atoms with Crippen LogP contribution in [0.3, 0.4) is 0 Å². The zero-order valence-electron chi connectivity index (χ0n) is 12.4. The summed E-state index contributed by atoms with van der Waals surface area (Å²) in [6.07, 6.45) is 1.93. The van der Waals surface area contributed by atoms with Gasteiger partial charge in [0.15, 0.2) is 0 Å². The quantitative estimate of drug-likeness (QED) is 0.772. The molecule has 1 N–H and O–H groups in total. The fourth-order valence-corrected chi connectivity index (χ4v) is 2.89. The van der Waals surface area contributed by atoms with Gasteiger partial charge in [0.05, 0.1) is 18.6 Å². The predicted octanol–water partition coefficient (Wildman–Crippen LogP) is -0.308. The largest absolute Gasteiger partial charge is 0.378 e. The van der Waals surface area contributed by atoms with Gasteiger partial charge in [0.1, 0.15) is 0 Å². The Hall–Kier alpha value is -1.14. The lowest BCUT2D eigenvalue weighted by Gasteiger charge is -2.38. The highest BCUT2D eigenvalue weighted by atomic mass is 16.5. The number of nitrogens with one attached hydrogen (secondary N) is 1. The third kappa shape index (κ3) is 3.70. The first-order chi connectivity index (χ1) is 9.61. The van der Waals surface area contributed by atoms with E-state index in [2.05, 4.69) is 10.2 Å². The SMILES string of the molecule is CNC(=O)CN1CCN(C(=O)[C@H]2CCCO[C@H]2C)CC1. The maximum atomic E-state index is 12.5. The van der Waals surface area contributed by atoms with E-state index in [4.69, 9.17) is 4.74 Å². The summed E-state index contributed by atoms with van der Waals surface area (Å²) >= 11 is 0. The average Bonchev–Trinajstić information content (AvgIpc) is 2.47. The van der Waals surface area contributed by atoms with Gasteiger partial charge in [0.2, 0.25) is 11.8 Å². The van der Waals surface area contributed by atoms with Crippen LogP contribution in [0.5, 0.6) is 0 Å². The molecule has 0 aromatic carbocycles. The fourth-order valence-electron chi connectivity index (χ4n) is 2.89. The van der Waals surface area contributed by atoms with E-state index in [1.54, 1.807) is 7.05 Å². The molecular formula is C14H25N3O3. The van der Waals surface area contributed by atoms with Crippen molar-refractivity contribution >= 4 is 11.8 Å². The molecule has 20 heavy (non-hydrogen) atoms. The smallest absolute Gasteiger partial charge is 0.233 e. The molecule has 2 atom stereocenters. The van der Waals surface area contributed by atoms with Crippen LogP contribution >= 0.6 is 0 Å². The molecule has 2 fully saturated rings. The fraction of sp³-hybridized carbons (Fsp3) is 0.857. The van der Waals surface area contributed by atoms with E-state index in [1.165, 1.54) is 0 Å². The number of hydrogen-bond donors (Lipinski definition) is 1. The summed E-state index contributed by atoms with van der Waals surface area (Å²) in [6, 6.07) is 0. The minimum absolute atomic E-state index is 0.00856. The highest BCUT2D eigenvalue weighted by Crippen LogP contribution is 2.23. The molecular weight excluding hydrogens is 258 g/mol. The number of amides is 2. The normalized spacial score (nSPS) is 28.2. The van der Waals surface area contributed by atoms with Crippen LogP contribution in [0.15, 0.2) is 0 Å². The van der Waals surface area contributed by atoms with E-state index in [9.17, 15) is 9.59 Å². The molecule has 2 saturated heterocycles. The number of piperazine rings is 1. The van der Waals surface area contributed by atoms with Crippen molar-refractivity contribution in [3.63, 3.8) is 0 Å². The second kappa shape index (κ2) is 7.04. The molecule has 0 saturated carbocycles. The molecule has 2 amide bonds. The van der Waals surface area contributed by atoms with E-state index >= 15 is 0 Å². The van der Waals surface area contributed by atoms with Gasteiger partial charge in [0.25, 0.3) is 0 Å². The number of likely N-dealkylation sites (N-methyl/N-ethyl adjacent to an activating group) is 1. The minimum atomic E-state index is 0.00856. The Balaban J connectivity index is 1.80. The Morgan fingerprint density at radius 3 is 2.55 bits per heavy atom. The summed E-state index contributed by atoms with van der Waals surface area (Å²) in [6.45, 7) is 6.12. The van der Waals surface area contributed by atoms with E-state index in [-0.39, 0.29) is 23.8 Å². The van der Waals surface area contributed by atoms with Crippen molar-refractivity contribution in [3.8, 4) is 0 Å². The highest BCUT2D eigenvalue weighted by molar-refractivity contribution is 5.80. The minimum Gasteiger partial charge on any atom is -0.378 e. The Kier molecular flexibility index (Phi) is 5.37. The summed E-state index contributed by atoms with van der Waals surface area (Å²) in [5.74, 6) is 0.255. The number of carbonyl (C=O) groups excluding carboxylic acids is 2. The third-order valence-electron chi connectivity index (χ3n) is 4.25. The van der Waals surface area contributed by atoms with Crippen molar-refractivity contribution < 1.29 is 14.3 Å². The summed E-state index contributed by atoms with van der Waals surface area (Å²) < 4.78 is 5.58. The van der Waals surface area contributed by atoms with Crippen LogP contribution in [0.1, 0.15) is 19.8 Å². The molecule has 0 unspecified atom stereocenters. The number of ether oxygens (including phenoxy) is 1. The summed E-state index contributed by atoms with van der Waals surface area (Å²) in [4.78, 5) is 27.8. The van der Waals surface area contributed by atoms with Crippen LogP contribution < -0.4 is 5.32 Å². The van der Waals surface area contributed by atoms with Gasteiger partial charge in [-0.1, -0.05) is 0 Å². The molecule has 0 bridgehead atoms. The average molecular weight is 283 g/mol. The van der Waals surface area contributed by atoms with Gasteiger partial charge < -0.3 is 15.0 Å². The van der Waals surface area contributed by atoms with Gasteiger partial charge in [-0.2, -0.15) is 0 Å². The molecule has 2 aliphatic heterocycles. The number of hydrogen-bond acceptors (Lipinski definition) is 4. The lowest BCUT2D eigenvalue weighted by molar-refractivity contribution is -0.145. The predicted molar refractivity (Wildman–Crippen MR) is 75.2 cm³/mol. The Labute approximate surface area is 120 Å². The van der Waals surface area contributed by atoms with Gasteiger partial charge in [-0.3, -0.25) is 14.5 Å². The monoisotopic (exact) mass is 283 g/mol. The van der Waals surface area contributed by atoms with Gasteiger partial charge in [-0.05, 0) is 19.8 Å². The van der Waals surface area contributed by atoms with Gasteiger partial charge in [-0.25, -0.2) is 0 Å². The highest BCUT2D eigenvalue weighted by Gasteiger charge is 2.33. The maximum Gasteiger partial charge on any atom is 0.233 e. The third-order valence-corrected chi connectivity index (χ3v) is 4.25. The zero-order chi connectivity index (χ0) is 14.5. The zero-order valence-corrected chi connectivity index (χ0v) is 12.4. The first-order valence-corrected chi connectivity index (χ1v) is 7.45. The summed E-state index contributed by atoms with van der Waals surface area (Å²) in [7, 11) is 1.65. The Bertz CT molecular complexity index is 354. The lowest BCUT2D eigenvalue weighted by Crippen LogP contribution is -2.53. The van der Waals surface area contributed by atoms with E-state index in [1.807, 2.05) is 11.8 Å². The van der Waals surface area contributed by atoms with E-state index < -0.39 is 0 Å². The lowest BCUT2D eigenvalue weighted by atomic mass is 9.93. The molecule has 114 valence electrons. The molecule has 2 heterocycles. The van der Waals surface area contributed by atoms with Gasteiger partial charge in [-0.15, -0.1) is 0 Å². The standard InChI is InChI=1S/C14H25N3O3/c1-11-12(4-3-9-20-11)14(19)17-7-5-16(6-8-17)10-13(18)15-2/h11-12H,3-10H2,1-2H3,(H,15,18)/t11-,12-/m0/s1. The number of carbonyl (C=O) groups is 2. The van der Waals surface area contributed by atoms with Crippen molar-refractivity contribution in [2.24, 2.45) is 5.92 Å². The van der Waals surface area contributed by atoms with Gasteiger partial charge in [0, 0.05) is 39.8 Å². The second-order valence-corrected chi connectivity index (χ2v) is 5.60. The Morgan fingerprint density at radius 2 is 1.95 bits per heavy atom. The van der Waals surface area contributed by atoms with Crippen molar-refractivity contribution in [1.29, 1.82) is 0 Å². The van der Waals surface area contributed by atoms with Crippen LogP contribution in [0.4, 0.5) is 0 Å². The van der Waals surface area contributed by atoms with Crippen LogP contribution in [0, 0.1) is 5.92 Å². The number of rotatable bonds is 3. The molecule has 2 aliphatic rings. The molecule has 0 radical (unpaired) electrons. The summed E-state index contributed by atoms with van der Waals surface area (Å²) in [5.41, 5.74) is 0. The summed E-state index contributed by atoms with van der Waals surface area (Å²) in [5, 5.41) is 2.63. The van der Waals surface area contributed by atoms with Crippen molar-refractivity contribution in [3.05, 3.63) is 0 Å². The van der Waals surface area contributed by atoms with Crippen LogP contribution in [0.2, 0.25) is 0 Å². The molecule has 0 aliphatic carbocycles. The molecule has 2 rings (SSSR count). The molecule has 0 aromatic rings. The topological polar surface area (TPSA) is 61.9 Å². The second-order valence-electron chi connectivity index (χ2n) is 5.60. The number of nitrogens with zero attached hydrogens (tertiary/aromatic N) is 2. The van der Waals surface area contributed by atoms with Crippen molar-refractivity contribution in [2.45, 2.75) is 25.9 Å². The molecule has 6 heteroatoms. The van der Waals surface area contributed by atoms with Crippen LogP contribution in [0.25, 0.3) is 0 Å². The first-order valence-electron chi connectivity index (χ1n) is 7.45. The molecule has 0 aromatic heterocycles. The Morgan fingerprint density at radius 1 is 1.25 bits per heavy atom. The van der Waals surface area contributed by atoms with Crippen molar-refractivity contribution in [2.75, 3.05) is 46.4 Å². The van der Waals surface area contributed by atoms with E-state index in [0.717, 1.165) is 32.5 Å². The molecule has 0 spiro atoms. The van der Waals surface area contributed by atoms with Crippen LogP contribution in [-0.2, 0) is 14.3 Å². The molecule has 6 nitrogen and oxygen atoms in total. The maximum absolute atomic E-state index is 12.5.